The van der Waals surface area contributed by atoms with Crippen molar-refractivity contribution in [1.82, 2.24) is 10.0 Å². The lowest BCUT2D eigenvalue weighted by atomic mass is 10.1. The summed E-state index contributed by atoms with van der Waals surface area (Å²) < 4.78 is 26.0. The summed E-state index contributed by atoms with van der Waals surface area (Å²) in [5.41, 5.74) is 0.741. The van der Waals surface area contributed by atoms with Gasteiger partial charge in [-0.25, -0.2) is 13.1 Å². The Labute approximate surface area is 117 Å². The van der Waals surface area contributed by atoms with Gasteiger partial charge in [0.05, 0.1) is 23.9 Å². The van der Waals surface area contributed by atoms with E-state index in [1.54, 1.807) is 24.3 Å². The van der Waals surface area contributed by atoms with Gasteiger partial charge in [0.25, 0.3) is 0 Å². The van der Waals surface area contributed by atoms with Crippen LogP contribution >= 0.6 is 0 Å². The van der Waals surface area contributed by atoms with E-state index < -0.39 is 10.0 Å². The molecule has 1 amide bonds. The van der Waals surface area contributed by atoms with E-state index in [1.807, 2.05) is 6.07 Å². The molecule has 0 saturated heterocycles. The fourth-order valence-electron chi connectivity index (χ4n) is 1.69. The van der Waals surface area contributed by atoms with Crippen molar-refractivity contribution in [3.63, 3.8) is 0 Å². The number of nitrogens with one attached hydrogen (secondary N) is 2. The predicted octanol–water partition coefficient (Wildman–Crippen LogP) is 0.256. The van der Waals surface area contributed by atoms with Gasteiger partial charge in [-0.05, 0) is 24.5 Å². The van der Waals surface area contributed by atoms with Crippen molar-refractivity contribution in [1.29, 1.82) is 5.26 Å². The molecule has 0 bridgehead atoms. The first-order valence-corrected chi connectivity index (χ1v) is 7.90. The Hall–Kier alpha value is -1.91. The molecule has 7 heteroatoms. The predicted molar refractivity (Wildman–Crippen MR) is 72.9 cm³/mol. The molecule has 0 heterocycles. The largest absolute Gasteiger partial charge is 0.352 e. The highest BCUT2D eigenvalue weighted by Crippen LogP contribution is 2.18. The number of sulfonamides is 1. The maximum Gasteiger partial charge on any atom is 0.235 e. The van der Waals surface area contributed by atoms with Crippen LogP contribution < -0.4 is 10.0 Å². The summed E-state index contributed by atoms with van der Waals surface area (Å²) in [5, 5.41) is 11.6. The first-order valence-electron chi connectivity index (χ1n) is 6.25. The van der Waals surface area contributed by atoms with Crippen molar-refractivity contribution < 1.29 is 13.2 Å². The van der Waals surface area contributed by atoms with Gasteiger partial charge in [0.2, 0.25) is 15.9 Å². The number of carbonyl (C=O) groups excluding carboxylic acids is 1. The number of benzene rings is 1. The van der Waals surface area contributed by atoms with E-state index in [4.69, 9.17) is 5.26 Å². The van der Waals surface area contributed by atoms with E-state index in [-0.39, 0.29) is 24.2 Å². The smallest absolute Gasteiger partial charge is 0.235 e. The molecule has 0 radical (unpaired) electrons. The molecule has 1 aliphatic carbocycles. The van der Waals surface area contributed by atoms with E-state index in [2.05, 4.69) is 10.0 Å². The third-order valence-electron chi connectivity index (χ3n) is 2.88. The SMILES string of the molecule is N#Cc1ccccc1CS(=O)(=O)NCC(=O)NC1CC1. The Morgan fingerprint density at radius 3 is 2.70 bits per heavy atom. The maximum absolute atomic E-state index is 11.9. The Morgan fingerprint density at radius 1 is 1.35 bits per heavy atom. The van der Waals surface area contributed by atoms with Crippen LogP contribution in [0.25, 0.3) is 0 Å². The monoisotopic (exact) mass is 293 g/mol. The molecule has 0 spiro atoms. The van der Waals surface area contributed by atoms with Gasteiger partial charge in [0.1, 0.15) is 0 Å². The van der Waals surface area contributed by atoms with Crippen molar-refractivity contribution in [3.8, 4) is 6.07 Å². The van der Waals surface area contributed by atoms with Crippen LogP contribution in [0.3, 0.4) is 0 Å². The van der Waals surface area contributed by atoms with Crippen LogP contribution in [0, 0.1) is 11.3 Å². The highest BCUT2D eigenvalue weighted by Gasteiger charge is 2.24. The summed E-state index contributed by atoms with van der Waals surface area (Å²) in [4.78, 5) is 11.4. The third kappa shape index (κ3) is 4.33. The minimum absolute atomic E-state index is 0.200. The molecule has 1 aromatic rings. The van der Waals surface area contributed by atoms with Crippen molar-refractivity contribution >= 4 is 15.9 Å². The molecule has 20 heavy (non-hydrogen) atoms. The van der Waals surface area contributed by atoms with Gasteiger partial charge in [0.15, 0.2) is 0 Å². The Morgan fingerprint density at radius 2 is 2.05 bits per heavy atom. The van der Waals surface area contributed by atoms with Gasteiger partial charge < -0.3 is 5.32 Å². The summed E-state index contributed by atoms with van der Waals surface area (Å²) in [7, 11) is -3.64. The molecule has 106 valence electrons. The van der Waals surface area contributed by atoms with E-state index in [1.165, 1.54) is 0 Å². The van der Waals surface area contributed by atoms with E-state index in [0.29, 0.717) is 11.1 Å². The fourth-order valence-corrected chi connectivity index (χ4v) is 2.81. The molecule has 1 aliphatic rings. The molecule has 2 rings (SSSR count). The maximum atomic E-state index is 11.9. The second-order valence-corrected chi connectivity index (χ2v) is 6.50. The lowest BCUT2D eigenvalue weighted by molar-refractivity contribution is -0.120. The summed E-state index contributed by atoms with van der Waals surface area (Å²) in [5.74, 6) is -0.641. The zero-order chi connectivity index (χ0) is 14.6. The molecule has 0 atom stereocenters. The van der Waals surface area contributed by atoms with Crippen LogP contribution in [-0.4, -0.2) is 26.9 Å². The van der Waals surface area contributed by atoms with Gasteiger partial charge in [-0.1, -0.05) is 18.2 Å². The normalized spacial score (nSPS) is 14.6. The van der Waals surface area contributed by atoms with Gasteiger partial charge in [-0.2, -0.15) is 5.26 Å². The standard InChI is InChI=1S/C13H15N3O3S/c14-7-10-3-1-2-4-11(10)9-20(18,19)15-8-13(17)16-12-5-6-12/h1-4,12,15H,5-6,8-9H2,(H,16,17). The lowest BCUT2D eigenvalue weighted by Gasteiger charge is -2.08. The number of hydrogen-bond acceptors (Lipinski definition) is 4. The van der Waals surface area contributed by atoms with Crippen LogP contribution in [-0.2, 0) is 20.6 Å². The molecule has 0 unspecified atom stereocenters. The quantitative estimate of drug-likeness (QED) is 0.785. The lowest BCUT2D eigenvalue weighted by Crippen LogP contribution is -2.38. The molecule has 6 nitrogen and oxygen atoms in total. The van der Waals surface area contributed by atoms with Crippen LogP contribution in [0.4, 0.5) is 0 Å². The molecule has 1 saturated carbocycles. The number of nitriles is 1. The number of rotatable bonds is 6. The van der Waals surface area contributed by atoms with Crippen LogP contribution in [0.5, 0.6) is 0 Å². The Kier molecular flexibility index (Phi) is 4.37. The topological polar surface area (TPSA) is 99.1 Å². The first-order chi connectivity index (χ1) is 9.50. The van der Waals surface area contributed by atoms with Gasteiger partial charge in [-0.15, -0.1) is 0 Å². The van der Waals surface area contributed by atoms with Crippen molar-refractivity contribution in [2.45, 2.75) is 24.6 Å². The van der Waals surface area contributed by atoms with Gasteiger partial charge in [0, 0.05) is 6.04 Å². The van der Waals surface area contributed by atoms with Crippen molar-refractivity contribution in [3.05, 3.63) is 35.4 Å². The fraction of sp³-hybridized carbons (Fsp3) is 0.385. The summed E-state index contributed by atoms with van der Waals surface area (Å²) >= 11 is 0. The number of carbonyl (C=O) groups is 1. The second kappa shape index (κ2) is 6.03. The number of hydrogen-bond donors (Lipinski definition) is 2. The Balaban J connectivity index is 1.93. The van der Waals surface area contributed by atoms with Gasteiger partial charge >= 0.3 is 0 Å². The van der Waals surface area contributed by atoms with Crippen LogP contribution in [0.15, 0.2) is 24.3 Å². The summed E-state index contributed by atoms with van der Waals surface area (Å²) in [6.45, 7) is -0.270. The van der Waals surface area contributed by atoms with E-state index in [0.717, 1.165) is 12.8 Å². The zero-order valence-electron chi connectivity index (χ0n) is 10.8. The van der Waals surface area contributed by atoms with Crippen LogP contribution in [0.2, 0.25) is 0 Å². The molecule has 0 aromatic heterocycles. The average Bonchev–Trinajstić information content (AvgIpc) is 3.21. The number of nitrogens with zero attached hydrogens (tertiary/aromatic N) is 1. The zero-order valence-corrected chi connectivity index (χ0v) is 11.6. The first kappa shape index (κ1) is 14.5. The Bertz CT molecular complexity index is 645. The third-order valence-corrected chi connectivity index (χ3v) is 4.15. The van der Waals surface area contributed by atoms with E-state index >= 15 is 0 Å². The molecule has 0 aliphatic heterocycles. The molecular formula is C13H15N3O3S. The molecule has 1 fully saturated rings. The molecule has 1 aromatic carbocycles. The highest BCUT2D eigenvalue weighted by molar-refractivity contribution is 7.88. The average molecular weight is 293 g/mol. The van der Waals surface area contributed by atoms with Gasteiger partial charge in [-0.3, -0.25) is 4.79 Å². The number of amides is 1. The molecule has 2 N–H and O–H groups in total. The molecular weight excluding hydrogens is 278 g/mol. The van der Waals surface area contributed by atoms with Crippen molar-refractivity contribution in [2.75, 3.05) is 6.54 Å². The minimum atomic E-state index is -3.64. The summed E-state index contributed by atoms with van der Waals surface area (Å²) in [6, 6.07) is 8.64. The van der Waals surface area contributed by atoms with Crippen molar-refractivity contribution in [2.24, 2.45) is 0 Å². The second-order valence-electron chi connectivity index (χ2n) is 4.69. The van der Waals surface area contributed by atoms with E-state index in [9.17, 15) is 13.2 Å². The van der Waals surface area contributed by atoms with Crippen LogP contribution in [0.1, 0.15) is 24.0 Å². The highest BCUT2D eigenvalue weighted by atomic mass is 32.2. The summed E-state index contributed by atoms with van der Waals surface area (Å²) in [6.07, 6.45) is 1.90. The minimum Gasteiger partial charge on any atom is -0.352 e.